The first kappa shape index (κ1) is 17.3. The number of hydrogen-bond acceptors (Lipinski definition) is 7. The molecule has 3 rings (SSSR count). The molecule has 132 valence electrons. The largest absolute Gasteiger partial charge is 0.497 e. The van der Waals surface area contributed by atoms with E-state index in [1.165, 1.54) is 19.2 Å². The molecule has 0 atom stereocenters. The molecule has 9 nitrogen and oxygen atoms in total. The molecule has 2 amide bonds. The molecular weight excluding hydrogens is 358 g/mol. The number of rotatable bonds is 5. The SMILES string of the molecule is COc1cccc(NC(=O)Nc2nnc(-c3cccc([N+](=O)[O-])c3)s2)c1. The van der Waals surface area contributed by atoms with Gasteiger partial charge >= 0.3 is 6.03 Å². The molecule has 1 heterocycles. The van der Waals surface area contributed by atoms with E-state index in [1.807, 2.05) is 0 Å². The van der Waals surface area contributed by atoms with Crippen molar-refractivity contribution in [2.45, 2.75) is 0 Å². The van der Waals surface area contributed by atoms with Gasteiger partial charge in [0.15, 0.2) is 0 Å². The Labute approximate surface area is 151 Å². The standard InChI is InChI=1S/C16H13N5O4S/c1-25-13-7-3-5-11(9-13)17-15(22)18-16-20-19-14(26-16)10-4-2-6-12(8-10)21(23)24/h2-9H,1H3,(H2,17,18,20,22). The van der Waals surface area contributed by atoms with E-state index in [-0.39, 0.29) is 10.8 Å². The minimum absolute atomic E-state index is 0.0389. The molecule has 0 aliphatic heterocycles. The number of carbonyl (C=O) groups is 1. The third-order valence-electron chi connectivity index (χ3n) is 3.28. The molecule has 26 heavy (non-hydrogen) atoms. The number of nitro benzene ring substituents is 1. The topological polar surface area (TPSA) is 119 Å². The van der Waals surface area contributed by atoms with Crippen LogP contribution in [-0.4, -0.2) is 28.3 Å². The summed E-state index contributed by atoms with van der Waals surface area (Å²) in [4.78, 5) is 22.4. The van der Waals surface area contributed by atoms with Gasteiger partial charge < -0.3 is 10.1 Å². The van der Waals surface area contributed by atoms with Gasteiger partial charge in [-0.25, -0.2) is 4.79 Å². The van der Waals surface area contributed by atoms with Crippen molar-refractivity contribution in [3.05, 3.63) is 58.6 Å². The Hall–Kier alpha value is -3.53. The van der Waals surface area contributed by atoms with E-state index in [0.29, 0.717) is 22.0 Å². The lowest BCUT2D eigenvalue weighted by Gasteiger charge is -2.06. The Morgan fingerprint density at radius 2 is 1.96 bits per heavy atom. The lowest BCUT2D eigenvalue weighted by Crippen LogP contribution is -2.19. The summed E-state index contributed by atoms with van der Waals surface area (Å²) in [6, 6.07) is 12.5. The molecule has 0 fully saturated rings. The highest BCUT2D eigenvalue weighted by Gasteiger charge is 2.13. The van der Waals surface area contributed by atoms with E-state index in [0.717, 1.165) is 11.3 Å². The van der Waals surface area contributed by atoms with E-state index in [4.69, 9.17) is 4.74 Å². The Balaban J connectivity index is 1.69. The van der Waals surface area contributed by atoms with Crippen LogP contribution < -0.4 is 15.4 Å². The number of carbonyl (C=O) groups excluding carboxylic acids is 1. The van der Waals surface area contributed by atoms with Gasteiger partial charge in [-0.1, -0.05) is 29.5 Å². The van der Waals surface area contributed by atoms with E-state index in [2.05, 4.69) is 20.8 Å². The highest BCUT2D eigenvalue weighted by Crippen LogP contribution is 2.28. The normalized spacial score (nSPS) is 10.2. The van der Waals surface area contributed by atoms with Gasteiger partial charge in [0.1, 0.15) is 10.8 Å². The number of urea groups is 1. The van der Waals surface area contributed by atoms with E-state index < -0.39 is 11.0 Å². The molecule has 0 aliphatic rings. The maximum Gasteiger partial charge on any atom is 0.325 e. The maximum atomic E-state index is 12.1. The lowest BCUT2D eigenvalue weighted by atomic mass is 10.2. The fraction of sp³-hybridized carbons (Fsp3) is 0.0625. The van der Waals surface area contributed by atoms with Crippen molar-refractivity contribution in [2.24, 2.45) is 0 Å². The molecule has 0 spiro atoms. The zero-order valence-electron chi connectivity index (χ0n) is 13.5. The molecule has 0 radical (unpaired) electrons. The minimum Gasteiger partial charge on any atom is -0.497 e. The van der Waals surface area contributed by atoms with Crippen molar-refractivity contribution in [3.8, 4) is 16.3 Å². The number of aromatic nitrogens is 2. The van der Waals surface area contributed by atoms with Crippen molar-refractivity contribution >= 4 is 33.9 Å². The predicted molar refractivity (Wildman–Crippen MR) is 97.6 cm³/mol. The van der Waals surface area contributed by atoms with Crippen LogP contribution in [0.3, 0.4) is 0 Å². The zero-order chi connectivity index (χ0) is 18.5. The highest BCUT2D eigenvalue weighted by atomic mass is 32.1. The van der Waals surface area contributed by atoms with Crippen LogP contribution in [0, 0.1) is 10.1 Å². The second kappa shape index (κ2) is 7.57. The monoisotopic (exact) mass is 371 g/mol. The Bertz CT molecular complexity index is 959. The second-order valence-electron chi connectivity index (χ2n) is 5.03. The van der Waals surface area contributed by atoms with Crippen molar-refractivity contribution in [1.29, 1.82) is 0 Å². The number of nitrogens with zero attached hydrogens (tertiary/aromatic N) is 3. The van der Waals surface area contributed by atoms with Gasteiger partial charge in [0.2, 0.25) is 5.13 Å². The lowest BCUT2D eigenvalue weighted by molar-refractivity contribution is -0.384. The molecular formula is C16H13N5O4S. The summed E-state index contributed by atoms with van der Waals surface area (Å²) < 4.78 is 5.09. The first-order valence-corrected chi connectivity index (χ1v) is 8.17. The first-order chi connectivity index (χ1) is 12.5. The van der Waals surface area contributed by atoms with Gasteiger partial charge in [-0.2, -0.15) is 0 Å². The van der Waals surface area contributed by atoms with Crippen molar-refractivity contribution in [1.82, 2.24) is 10.2 Å². The van der Waals surface area contributed by atoms with Crippen LogP contribution in [0.2, 0.25) is 0 Å². The van der Waals surface area contributed by atoms with Gasteiger partial charge in [-0.15, -0.1) is 10.2 Å². The van der Waals surface area contributed by atoms with Crippen molar-refractivity contribution in [2.75, 3.05) is 17.7 Å². The smallest absolute Gasteiger partial charge is 0.325 e. The van der Waals surface area contributed by atoms with Crippen LogP contribution in [-0.2, 0) is 0 Å². The molecule has 0 saturated heterocycles. The van der Waals surface area contributed by atoms with E-state index >= 15 is 0 Å². The minimum atomic E-state index is -0.486. The van der Waals surface area contributed by atoms with Gasteiger partial charge in [0.05, 0.1) is 12.0 Å². The van der Waals surface area contributed by atoms with Gasteiger partial charge in [-0.05, 0) is 12.1 Å². The van der Waals surface area contributed by atoms with E-state index in [9.17, 15) is 14.9 Å². The third kappa shape index (κ3) is 4.11. The summed E-state index contributed by atoms with van der Waals surface area (Å²) in [6.45, 7) is 0. The Kier molecular flexibility index (Phi) is 5.04. The Morgan fingerprint density at radius 3 is 2.73 bits per heavy atom. The van der Waals surface area contributed by atoms with Crippen molar-refractivity contribution in [3.63, 3.8) is 0 Å². The number of ether oxygens (including phenoxy) is 1. The fourth-order valence-corrected chi connectivity index (χ4v) is 2.84. The summed E-state index contributed by atoms with van der Waals surface area (Å²) in [6.07, 6.45) is 0. The summed E-state index contributed by atoms with van der Waals surface area (Å²) in [5, 5.41) is 24.7. The van der Waals surface area contributed by atoms with Gasteiger partial charge in [0, 0.05) is 29.4 Å². The Morgan fingerprint density at radius 1 is 1.15 bits per heavy atom. The molecule has 1 aromatic heterocycles. The number of non-ortho nitro benzene ring substituents is 1. The van der Waals surface area contributed by atoms with Gasteiger partial charge in [0.25, 0.3) is 5.69 Å². The summed E-state index contributed by atoms with van der Waals surface area (Å²) in [5.74, 6) is 0.617. The molecule has 3 aromatic rings. The quantitative estimate of drug-likeness (QED) is 0.520. The van der Waals surface area contributed by atoms with Gasteiger partial charge in [-0.3, -0.25) is 15.4 Å². The highest BCUT2D eigenvalue weighted by molar-refractivity contribution is 7.18. The molecule has 0 unspecified atom stereocenters. The molecule has 0 saturated carbocycles. The molecule has 2 N–H and O–H groups in total. The van der Waals surface area contributed by atoms with Crippen LogP contribution in [0.4, 0.5) is 21.3 Å². The molecule has 2 aromatic carbocycles. The van der Waals surface area contributed by atoms with E-state index in [1.54, 1.807) is 36.4 Å². The zero-order valence-corrected chi connectivity index (χ0v) is 14.3. The summed E-state index contributed by atoms with van der Waals surface area (Å²) in [7, 11) is 1.54. The average Bonchev–Trinajstić information content (AvgIpc) is 3.10. The maximum absolute atomic E-state index is 12.1. The van der Waals surface area contributed by atoms with Crippen LogP contribution in [0.1, 0.15) is 0 Å². The van der Waals surface area contributed by atoms with Crippen LogP contribution in [0.15, 0.2) is 48.5 Å². The number of anilines is 2. The number of nitrogens with one attached hydrogen (secondary N) is 2. The summed E-state index contributed by atoms with van der Waals surface area (Å²) in [5.41, 5.74) is 1.08. The number of methoxy groups -OCH3 is 1. The van der Waals surface area contributed by atoms with Crippen LogP contribution >= 0.6 is 11.3 Å². The average molecular weight is 371 g/mol. The molecule has 0 bridgehead atoms. The summed E-state index contributed by atoms with van der Waals surface area (Å²) >= 11 is 1.11. The van der Waals surface area contributed by atoms with Crippen LogP contribution in [0.25, 0.3) is 10.6 Å². The third-order valence-corrected chi connectivity index (χ3v) is 4.16. The molecule has 10 heteroatoms. The first-order valence-electron chi connectivity index (χ1n) is 7.35. The van der Waals surface area contributed by atoms with Crippen molar-refractivity contribution < 1.29 is 14.5 Å². The predicted octanol–water partition coefficient (Wildman–Crippen LogP) is 3.77. The number of hydrogen-bond donors (Lipinski definition) is 2. The number of amides is 2. The second-order valence-corrected chi connectivity index (χ2v) is 6.01. The number of benzene rings is 2. The van der Waals surface area contributed by atoms with Crippen LogP contribution in [0.5, 0.6) is 5.75 Å². The fourth-order valence-electron chi connectivity index (χ4n) is 2.10. The number of nitro groups is 1. The molecule has 0 aliphatic carbocycles.